The number of aryl methyl sites for hydroxylation is 1. The van der Waals surface area contributed by atoms with Crippen molar-refractivity contribution in [1.29, 1.82) is 0 Å². The maximum absolute atomic E-state index is 13.3. The van der Waals surface area contributed by atoms with Gasteiger partial charge in [0.15, 0.2) is 0 Å². The van der Waals surface area contributed by atoms with Crippen molar-refractivity contribution in [3.05, 3.63) is 52.4 Å². The average molecular weight is 470 g/mol. The lowest BCUT2D eigenvalue weighted by Crippen LogP contribution is -2.53. The molecule has 0 aliphatic carbocycles. The Morgan fingerprint density at radius 2 is 1.70 bits per heavy atom. The fourth-order valence-corrected chi connectivity index (χ4v) is 4.67. The second-order valence-corrected chi connectivity index (χ2v) is 9.73. The quantitative estimate of drug-likeness (QED) is 0.681. The molecule has 2 aromatic rings. The van der Waals surface area contributed by atoms with Crippen molar-refractivity contribution in [2.45, 2.75) is 39.5 Å². The molecule has 0 radical (unpaired) electrons. The normalized spacial score (nSPS) is 19.2. The molecule has 176 valence electrons. The molecule has 4 rings (SSSR count). The Kier molecular flexibility index (Phi) is 7.17. The van der Waals surface area contributed by atoms with Gasteiger partial charge in [0.25, 0.3) is 5.91 Å². The number of amides is 2. The second-order valence-electron chi connectivity index (χ2n) is 9.29. The van der Waals surface area contributed by atoms with Crippen LogP contribution in [0.3, 0.4) is 0 Å². The van der Waals surface area contributed by atoms with Gasteiger partial charge < -0.3 is 14.7 Å². The molecule has 3 heterocycles. The average Bonchev–Trinajstić information content (AvgIpc) is 2.83. The molecule has 1 aromatic carbocycles. The van der Waals surface area contributed by atoms with Crippen LogP contribution in [0.4, 0.5) is 5.82 Å². The zero-order valence-corrected chi connectivity index (χ0v) is 20.4. The molecule has 0 N–H and O–H groups in total. The Balaban J connectivity index is 1.35. The second kappa shape index (κ2) is 10.1. The van der Waals surface area contributed by atoms with Gasteiger partial charge >= 0.3 is 0 Å². The number of piperazine rings is 1. The molecule has 7 nitrogen and oxygen atoms in total. The van der Waals surface area contributed by atoms with Gasteiger partial charge in [-0.1, -0.05) is 25.4 Å². The monoisotopic (exact) mass is 469 g/mol. The van der Waals surface area contributed by atoms with E-state index in [2.05, 4.69) is 23.7 Å². The van der Waals surface area contributed by atoms with Crippen LogP contribution in [0.5, 0.6) is 0 Å². The van der Waals surface area contributed by atoms with Gasteiger partial charge in [-0.05, 0) is 44.0 Å². The fourth-order valence-electron chi connectivity index (χ4n) is 4.55. The molecular formula is C25H32ClN5O2. The number of rotatable bonds is 4. The van der Waals surface area contributed by atoms with E-state index in [4.69, 9.17) is 16.6 Å². The van der Waals surface area contributed by atoms with Crippen LogP contribution in [0.2, 0.25) is 5.02 Å². The first-order chi connectivity index (χ1) is 15.8. The summed E-state index contributed by atoms with van der Waals surface area (Å²) >= 11 is 5.95. The third kappa shape index (κ3) is 5.46. The van der Waals surface area contributed by atoms with E-state index in [0.29, 0.717) is 36.8 Å². The highest BCUT2D eigenvalue weighted by atomic mass is 35.5. The van der Waals surface area contributed by atoms with Crippen molar-refractivity contribution in [2.75, 3.05) is 44.2 Å². The van der Waals surface area contributed by atoms with Crippen LogP contribution in [-0.2, 0) is 4.79 Å². The maximum Gasteiger partial charge on any atom is 0.253 e. The third-order valence-electron chi connectivity index (χ3n) is 6.44. The lowest BCUT2D eigenvalue weighted by molar-refractivity contribution is -0.137. The first-order valence-electron chi connectivity index (χ1n) is 11.8. The first-order valence-corrected chi connectivity index (χ1v) is 12.1. The SMILES string of the molecule is Cc1cc(N2CCN(C(=O)C3CCCN(C(=O)c4ccc(Cl)cc4)C3)CC2)nc(C(C)C)n1. The summed E-state index contributed by atoms with van der Waals surface area (Å²) in [6.45, 7) is 10.2. The topological polar surface area (TPSA) is 69.6 Å². The Labute approximate surface area is 200 Å². The maximum atomic E-state index is 13.3. The van der Waals surface area contributed by atoms with Crippen molar-refractivity contribution in [3.63, 3.8) is 0 Å². The van der Waals surface area contributed by atoms with Crippen LogP contribution >= 0.6 is 11.6 Å². The molecule has 2 saturated heterocycles. The molecule has 33 heavy (non-hydrogen) atoms. The highest BCUT2D eigenvalue weighted by molar-refractivity contribution is 6.30. The summed E-state index contributed by atoms with van der Waals surface area (Å²) in [6, 6.07) is 8.96. The van der Waals surface area contributed by atoms with E-state index >= 15 is 0 Å². The van der Waals surface area contributed by atoms with Gasteiger partial charge in [0.1, 0.15) is 11.6 Å². The molecule has 1 aromatic heterocycles. The van der Waals surface area contributed by atoms with Gasteiger partial charge in [-0.2, -0.15) is 0 Å². The summed E-state index contributed by atoms with van der Waals surface area (Å²) in [5.41, 5.74) is 1.58. The number of carbonyl (C=O) groups is 2. The number of halogens is 1. The minimum Gasteiger partial charge on any atom is -0.353 e. The Morgan fingerprint density at radius 3 is 2.36 bits per heavy atom. The van der Waals surface area contributed by atoms with Crippen LogP contribution in [0, 0.1) is 12.8 Å². The largest absolute Gasteiger partial charge is 0.353 e. The molecule has 1 atom stereocenters. The number of hydrogen-bond acceptors (Lipinski definition) is 5. The Bertz CT molecular complexity index is 1000. The molecule has 8 heteroatoms. The van der Waals surface area contributed by atoms with Gasteiger partial charge in [-0.25, -0.2) is 9.97 Å². The van der Waals surface area contributed by atoms with Crippen molar-refractivity contribution >= 4 is 29.2 Å². The summed E-state index contributed by atoms with van der Waals surface area (Å²) in [5.74, 6) is 2.05. The third-order valence-corrected chi connectivity index (χ3v) is 6.69. The summed E-state index contributed by atoms with van der Waals surface area (Å²) in [6.07, 6.45) is 1.67. The molecule has 0 bridgehead atoms. The summed E-state index contributed by atoms with van der Waals surface area (Å²) < 4.78 is 0. The number of carbonyl (C=O) groups excluding carboxylic acids is 2. The zero-order valence-electron chi connectivity index (χ0n) is 19.6. The smallest absolute Gasteiger partial charge is 0.253 e. The van der Waals surface area contributed by atoms with Gasteiger partial charge in [-0.3, -0.25) is 9.59 Å². The Morgan fingerprint density at radius 1 is 1.00 bits per heavy atom. The highest BCUT2D eigenvalue weighted by Crippen LogP contribution is 2.23. The van der Waals surface area contributed by atoms with Crippen molar-refractivity contribution < 1.29 is 9.59 Å². The number of aromatic nitrogens is 2. The van der Waals surface area contributed by atoms with E-state index < -0.39 is 0 Å². The number of nitrogens with zero attached hydrogens (tertiary/aromatic N) is 5. The number of piperidine rings is 1. The Hall–Kier alpha value is -2.67. The van der Waals surface area contributed by atoms with Crippen LogP contribution < -0.4 is 4.90 Å². The van der Waals surface area contributed by atoms with Crippen LogP contribution in [-0.4, -0.2) is 70.9 Å². The molecule has 0 spiro atoms. The molecule has 2 aliphatic rings. The van der Waals surface area contributed by atoms with Crippen LogP contribution in [0.25, 0.3) is 0 Å². The van der Waals surface area contributed by atoms with Gasteiger partial charge in [0.05, 0.1) is 5.92 Å². The fraction of sp³-hybridized carbons (Fsp3) is 0.520. The molecule has 0 saturated carbocycles. The lowest BCUT2D eigenvalue weighted by atomic mass is 9.95. The van der Waals surface area contributed by atoms with E-state index in [1.807, 2.05) is 22.8 Å². The standard InChI is InChI=1S/C25H32ClN5O2/c1-17(2)23-27-18(3)15-22(28-23)29-11-13-30(14-12-29)25(33)20-5-4-10-31(16-20)24(32)19-6-8-21(26)9-7-19/h6-9,15,17,20H,4-5,10-14,16H2,1-3H3. The summed E-state index contributed by atoms with van der Waals surface area (Å²) in [4.78, 5) is 41.4. The van der Waals surface area contributed by atoms with E-state index in [1.165, 1.54) is 0 Å². The number of anilines is 1. The molecule has 2 aliphatic heterocycles. The van der Waals surface area contributed by atoms with Gasteiger partial charge in [0.2, 0.25) is 5.91 Å². The summed E-state index contributed by atoms with van der Waals surface area (Å²) in [7, 11) is 0. The van der Waals surface area contributed by atoms with E-state index in [0.717, 1.165) is 43.3 Å². The first kappa shape index (κ1) is 23.5. The van der Waals surface area contributed by atoms with Gasteiger partial charge in [0, 0.05) is 67.5 Å². The van der Waals surface area contributed by atoms with Crippen molar-refractivity contribution in [1.82, 2.24) is 19.8 Å². The van der Waals surface area contributed by atoms with Crippen molar-refractivity contribution in [2.24, 2.45) is 5.92 Å². The molecule has 1 unspecified atom stereocenters. The minimum absolute atomic E-state index is 0.0333. The van der Waals surface area contributed by atoms with Gasteiger partial charge in [-0.15, -0.1) is 0 Å². The number of benzene rings is 1. The van der Waals surface area contributed by atoms with E-state index in [-0.39, 0.29) is 23.7 Å². The van der Waals surface area contributed by atoms with E-state index in [9.17, 15) is 9.59 Å². The molecular weight excluding hydrogens is 438 g/mol. The summed E-state index contributed by atoms with van der Waals surface area (Å²) in [5, 5.41) is 0.606. The van der Waals surface area contributed by atoms with Crippen LogP contribution in [0.15, 0.2) is 30.3 Å². The minimum atomic E-state index is -0.143. The molecule has 2 amide bonds. The number of hydrogen-bond donors (Lipinski definition) is 0. The predicted molar refractivity (Wildman–Crippen MR) is 130 cm³/mol. The number of likely N-dealkylation sites (tertiary alicyclic amines) is 1. The van der Waals surface area contributed by atoms with Crippen molar-refractivity contribution in [3.8, 4) is 0 Å². The van der Waals surface area contributed by atoms with E-state index in [1.54, 1.807) is 24.3 Å². The predicted octanol–water partition coefficient (Wildman–Crippen LogP) is 3.76. The lowest BCUT2D eigenvalue weighted by Gasteiger charge is -2.39. The van der Waals surface area contributed by atoms with Crippen LogP contribution in [0.1, 0.15) is 54.5 Å². The zero-order chi connectivity index (χ0) is 23.5. The molecule has 2 fully saturated rings. The highest BCUT2D eigenvalue weighted by Gasteiger charge is 2.33.